The summed E-state index contributed by atoms with van der Waals surface area (Å²) < 4.78 is 40.7. The monoisotopic (exact) mass is 277 g/mol. The predicted molar refractivity (Wildman–Crippen MR) is 66.1 cm³/mol. The molecule has 1 aromatic carbocycles. The van der Waals surface area contributed by atoms with Gasteiger partial charge in [0.1, 0.15) is 5.75 Å². The minimum absolute atomic E-state index is 0.0127. The third kappa shape index (κ3) is 6.45. The number of aliphatic hydroxyl groups is 1. The second-order valence-electron chi connectivity index (χ2n) is 4.21. The van der Waals surface area contributed by atoms with E-state index < -0.39 is 18.7 Å². The van der Waals surface area contributed by atoms with Gasteiger partial charge in [0.2, 0.25) is 0 Å². The van der Waals surface area contributed by atoms with Crippen molar-refractivity contribution in [1.82, 2.24) is 5.32 Å². The smallest absolute Gasteiger partial charge is 0.389 e. The van der Waals surface area contributed by atoms with Crippen molar-refractivity contribution in [3.05, 3.63) is 29.8 Å². The summed E-state index contributed by atoms with van der Waals surface area (Å²) in [7, 11) is 1.55. The van der Waals surface area contributed by atoms with Crippen molar-refractivity contribution >= 4 is 0 Å². The molecule has 0 amide bonds. The fourth-order valence-electron chi connectivity index (χ4n) is 1.60. The molecule has 0 fully saturated rings. The Morgan fingerprint density at radius 1 is 1.26 bits per heavy atom. The summed E-state index contributed by atoms with van der Waals surface area (Å²) in [4.78, 5) is 0. The number of hydrogen-bond acceptors (Lipinski definition) is 3. The van der Waals surface area contributed by atoms with Crippen LogP contribution in [0.25, 0.3) is 0 Å². The van der Waals surface area contributed by atoms with Gasteiger partial charge in [0.25, 0.3) is 0 Å². The van der Waals surface area contributed by atoms with Crippen LogP contribution in [0.1, 0.15) is 24.5 Å². The zero-order valence-electron chi connectivity index (χ0n) is 10.7. The van der Waals surface area contributed by atoms with E-state index in [9.17, 15) is 18.3 Å². The van der Waals surface area contributed by atoms with E-state index in [0.717, 1.165) is 0 Å². The molecule has 1 aromatic rings. The van der Waals surface area contributed by atoms with Crippen molar-refractivity contribution in [2.24, 2.45) is 0 Å². The zero-order chi connectivity index (χ0) is 14.3. The highest BCUT2D eigenvalue weighted by atomic mass is 19.4. The van der Waals surface area contributed by atoms with Crippen molar-refractivity contribution in [2.75, 3.05) is 20.2 Å². The first-order chi connectivity index (χ1) is 8.92. The molecule has 0 spiro atoms. The standard InChI is InChI=1S/C13H18F3NO2/c1-19-11-5-3-10(4-6-11)12(18)9-17-8-2-7-13(14,15)16/h3-6,12,17-18H,2,7-9H2,1H3. The number of aliphatic hydroxyl groups excluding tert-OH is 1. The Morgan fingerprint density at radius 3 is 2.42 bits per heavy atom. The molecule has 0 aliphatic rings. The lowest BCUT2D eigenvalue weighted by atomic mass is 10.1. The summed E-state index contributed by atoms with van der Waals surface area (Å²) in [5.41, 5.74) is 0.698. The van der Waals surface area contributed by atoms with Crippen LogP contribution in [0, 0.1) is 0 Å². The Kier molecular flexibility index (Phi) is 6.11. The number of ether oxygens (including phenoxy) is 1. The van der Waals surface area contributed by atoms with Crippen LogP contribution in [0.3, 0.4) is 0 Å². The second kappa shape index (κ2) is 7.35. The highest BCUT2D eigenvalue weighted by Gasteiger charge is 2.25. The maximum Gasteiger partial charge on any atom is 0.389 e. The van der Waals surface area contributed by atoms with Crippen LogP contribution in [0.2, 0.25) is 0 Å². The van der Waals surface area contributed by atoms with Gasteiger partial charge >= 0.3 is 6.18 Å². The van der Waals surface area contributed by atoms with E-state index in [2.05, 4.69) is 5.32 Å². The molecule has 1 unspecified atom stereocenters. The van der Waals surface area contributed by atoms with Crippen LogP contribution in [0.4, 0.5) is 13.2 Å². The van der Waals surface area contributed by atoms with Crippen LogP contribution >= 0.6 is 0 Å². The molecular weight excluding hydrogens is 259 g/mol. The second-order valence-corrected chi connectivity index (χ2v) is 4.21. The predicted octanol–water partition coefficient (Wildman–Crippen LogP) is 2.66. The maximum absolute atomic E-state index is 11.9. The van der Waals surface area contributed by atoms with E-state index in [4.69, 9.17) is 4.74 Å². The number of benzene rings is 1. The van der Waals surface area contributed by atoms with Gasteiger partial charge in [-0.3, -0.25) is 0 Å². The quantitative estimate of drug-likeness (QED) is 0.753. The first-order valence-corrected chi connectivity index (χ1v) is 6.02. The van der Waals surface area contributed by atoms with Gasteiger partial charge in [-0.15, -0.1) is 0 Å². The average molecular weight is 277 g/mol. The summed E-state index contributed by atoms with van der Waals surface area (Å²) >= 11 is 0. The Hall–Kier alpha value is -1.27. The summed E-state index contributed by atoms with van der Waals surface area (Å²) in [6.07, 6.45) is -5.65. The molecule has 0 saturated heterocycles. The van der Waals surface area contributed by atoms with Gasteiger partial charge in [0.15, 0.2) is 0 Å². The molecule has 0 aliphatic carbocycles. The van der Waals surface area contributed by atoms with Crippen molar-refractivity contribution in [2.45, 2.75) is 25.1 Å². The summed E-state index contributed by atoms with van der Waals surface area (Å²) in [6.45, 7) is 0.455. The minimum Gasteiger partial charge on any atom is -0.497 e. The van der Waals surface area contributed by atoms with Gasteiger partial charge in [0, 0.05) is 13.0 Å². The number of methoxy groups -OCH3 is 1. The minimum atomic E-state index is -4.11. The molecule has 0 aliphatic heterocycles. The topological polar surface area (TPSA) is 41.5 Å². The van der Waals surface area contributed by atoms with Crippen molar-refractivity contribution in [1.29, 1.82) is 0 Å². The van der Waals surface area contributed by atoms with Crippen molar-refractivity contribution in [3.63, 3.8) is 0 Å². The van der Waals surface area contributed by atoms with Gasteiger partial charge in [-0.25, -0.2) is 0 Å². The number of rotatable bonds is 7. The number of halogens is 3. The van der Waals surface area contributed by atoms with Crippen LogP contribution in [-0.4, -0.2) is 31.5 Å². The normalized spacial score (nSPS) is 13.3. The Morgan fingerprint density at radius 2 is 1.89 bits per heavy atom. The molecule has 0 heterocycles. The molecule has 2 N–H and O–H groups in total. The van der Waals surface area contributed by atoms with Gasteiger partial charge in [0.05, 0.1) is 13.2 Å². The van der Waals surface area contributed by atoms with E-state index in [1.807, 2.05) is 0 Å². The van der Waals surface area contributed by atoms with Crippen LogP contribution in [0.15, 0.2) is 24.3 Å². The lowest BCUT2D eigenvalue weighted by molar-refractivity contribution is -0.135. The van der Waals surface area contributed by atoms with E-state index in [-0.39, 0.29) is 19.5 Å². The molecule has 0 radical (unpaired) electrons. The van der Waals surface area contributed by atoms with Crippen LogP contribution in [-0.2, 0) is 0 Å². The molecule has 6 heteroatoms. The van der Waals surface area contributed by atoms with Crippen molar-refractivity contribution in [3.8, 4) is 5.75 Å². The summed E-state index contributed by atoms with van der Waals surface area (Å²) in [5, 5.41) is 12.6. The summed E-state index contributed by atoms with van der Waals surface area (Å²) in [6, 6.07) is 6.90. The number of alkyl halides is 3. The van der Waals surface area contributed by atoms with E-state index >= 15 is 0 Å². The van der Waals surface area contributed by atoms with Gasteiger partial charge in [-0.2, -0.15) is 13.2 Å². The maximum atomic E-state index is 11.9. The molecular formula is C13H18F3NO2. The molecule has 0 saturated carbocycles. The number of hydrogen-bond donors (Lipinski definition) is 2. The molecule has 108 valence electrons. The van der Waals surface area contributed by atoms with Gasteiger partial charge < -0.3 is 15.2 Å². The molecule has 3 nitrogen and oxygen atoms in total. The first kappa shape index (κ1) is 15.8. The Balaban J connectivity index is 2.25. The fraction of sp³-hybridized carbons (Fsp3) is 0.538. The largest absolute Gasteiger partial charge is 0.497 e. The van der Waals surface area contributed by atoms with E-state index in [0.29, 0.717) is 11.3 Å². The molecule has 0 aromatic heterocycles. The van der Waals surface area contributed by atoms with Gasteiger partial charge in [-0.1, -0.05) is 12.1 Å². The molecule has 1 atom stereocenters. The average Bonchev–Trinajstić information content (AvgIpc) is 2.37. The lowest BCUT2D eigenvalue weighted by Gasteiger charge is -2.13. The highest BCUT2D eigenvalue weighted by molar-refractivity contribution is 5.28. The third-order valence-corrected chi connectivity index (χ3v) is 2.65. The van der Waals surface area contributed by atoms with E-state index in [1.165, 1.54) is 0 Å². The van der Waals surface area contributed by atoms with Gasteiger partial charge in [-0.05, 0) is 30.7 Å². The first-order valence-electron chi connectivity index (χ1n) is 6.02. The molecule has 19 heavy (non-hydrogen) atoms. The molecule has 1 rings (SSSR count). The highest BCUT2D eigenvalue weighted by Crippen LogP contribution is 2.21. The van der Waals surface area contributed by atoms with Crippen LogP contribution < -0.4 is 10.1 Å². The third-order valence-electron chi connectivity index (χ3n) is 2.65. The fourth-order valence-corrected chi connectivity index (χ4v) is 1.60. The lowest BCUT2D eigenvalue weighted by Crippen LogP contribution is -2.23. The SMILES string of the molecule is COc1ccc(C(O)CNCCCC(F)(F)F)cc1. The van der Waals surface area contributed by atoms with Crippen LogP contribution in [0.5, 0.6) is 5.75 Å². The van der Waals surface area contributed by atoms with E-state index in [1.54, 1.807) is 31.4 Å². The number of nitrogens with one attached hydrogen (secondary N) is 1. The molecule has 0 bridgehead atoms. The zero-order valence-corrected chi connectivity index (χ0v) is 10.7. The Bertz CT molecular complexity index is 365. The summed E-state index contributed by atoms with van der Waals surface area (Å²) in [5.74, 6) is 0.689. The Labute approximate surface area is 110 Å². The van der Waals surface area contributed by atoms with Crippen molar-refractivity contribution < 1.29 is 23.0 Å².